The molecular formula is C13H10O2S. The molecule has 2 heterocycles. The Bertz CT molecular complexity index is 490. The van der Waals surface area contributed by atoms with Gasteiger partial charge in [0.2, 0.25) is 5.78 Å². The Morgan fingerprint density at radius 2 is 1.94 bits per heavy atom. The second-order valence-electron chi connectivity index (χ2n) is 3.73. The van der Waals surface area contributed by atoms with Gasteiger partial charge in [0.05, 0.1) is 4.88 Å². The van der Waals surface area contributed by atoms with Crippen molar-refractivity contribution in [3.05, 3.63) is 58.3 Å². The van der Waals surface area contributed by atoms with Crippen LogP contribution in [0, 0.1) is 0 Å². The van der Waals surface area contributed by atoms with Crippen LogP contribution in [0.25, 0.3) is 0 Å². The van der Waals surface area contributed by atoms with E-state index < -0.39 is 0 Å². The molecule has 1 aromatic heterocycles. The molecule has 16 heavy (non-hydrogen) atoms. The fourth-order valence-electron chi connectivity index (χ4n) is 1.77. The van der Waals surface area contributed by atoms with E-state index >= 15 is 0 Å². The Kier molecular flexibility index (Phi) is 2.35. The van der Waals surface area contributed by atoms with Crippen molar-refractivity contribution in [3.8, 4) is 0 Å². The number of hydrogen-bond acceptors (Lipinski definition) is 3. The van der Waals surface area contributed by atoms with Crippen LogP contribution in [-0.4, -0.2) is 11.9 Å². The van der Waals surface area contributed by atoms with E-state index in [4.69, 9.17) is 4.74 Å². The van der Waals surface area contributed by atoms with Crippen LogP contribution in [0.4, 0.5) is 0 Å². The minimum atomic E-state index is -0.277. The van der Waals surface area contributed by atoms with Crippen molar-refractivity contribution in [2.45, 2.75) is 12.2 Å². The third kappa shape index (κ3) is 1.68. The number of carbonyl (C=O) groups excluding carboxylic acids is 1. The number of ketones is 1. The molecule has 1 fully saturated rings. The van der Waals surface area contributed by atoms with Gasteiger partial charge in [-0.1, -0.05) is 36.4 Å². The number of carbonyl (C=O) groups is 1. The maximum atomic E-state index is 11.9. The van der Waals surface area contributed by atoms with E-state index in [1.807, 2.05) is 47.8 Å². The largest absolute Gasteiger partial charge is 0.356 e. The quantitative estimate of drug-likeness (QED) is 0.599. The summed E-state index contributed by atoms with van der Waals surface area (Å²) in [5.74, 6) is 0.101. The minimum absolute atomic E-state index is 0.0456. The number of Topliss-reactive ketones (excluding diaryl/α,β-unsaturated/α-hetero) is 1. The van der Waals surface area contributed by atoms with Gasteiger partial charge < -0.3 is 4.74 Å². The standard InChI is InChI=1S/C13H10O2S/c14-11(10-7-4-8-16-10)13-12(15-13)9-5-2-1-3-6-9/h1-8,12-13H/t12-,13-/m1/s1. The lowest BCUT2D eigenvalue weighted by atomic mass is 10.1. The van der Waals surface area contributed by atoms with Crippen molar-refractivity contribution in [2.24, 2.45) is 0 Å². The predicted octanol–water partition coefficient (Wildman–Crippen LogP) is 3.07. The van der Waals surface area contributed by atoms with E-state index in [1.54, 1.807) is 0 Å². The molecule has 0 amide bonds. The highest BCUT2D eigenvalue weighted by Gasteiger charge is 2.46. The van der Waals surface area contributed by atoms with Crippen LogP contribution in [0.5, 0.6) is 0 Å². The van der Waals surface area contributed by atoms with Crippen LogP contribution in [-0.2, 0) is 4.74 Å². The third-order valence-corrected chi connectivity index (χ3v) is 3.53. The molecule has 0 saturated carbocycles. The lowest BCUT2D eigenvalue weighted by molar-refractivity contribution is 0.0957. The molecule has 0 unspecified atom stereocenters. The van der Waals surface area contributed by atoms with Crippen LogP contribution in [0.1, 0.15) is 21.3 Å². The first-order valence-electron chi connectivity index (χ1n) is 5.14. The van der Waals surface area contributed by atoms with Gasteiger partial charge in [0.25, 0.3) is 0 Å². The molecule has 0 spiro atoms. The summed E-state index contributed by atoms with van der Waals surface area (Å²) in [7, 11) is 0. The first-order valence-corrected chi connectivity index (χ1v) is 6.02. The Balaban J connectivity index is 1.75. The van der Waals surface area contributed by atoms with Crippen molar-refractivity contribution in [2.75, 3.05) is 0 Å². The topological polar surface area (TPSA) is 29.6 Å². The molecular weight excluding hydrogens is 220 g/mol. The lowest BCUT2D eigenvalue weighted by Gasteiger charge is -1.93. The van der Waals surface area contributed by atoms with Crippen molar-refractivity contribution < 1.29 is 9.53 Å². The second-order valence-corrected chi connectivity index (χ2v) is 4.68. The molecule has 2 atom stereocenters. The van der Waals surface area contributed by atoms with Crippen LogP contribution in [0.3, 0.4) is 0 Å². The van der Waals surface area contributed by atoms with E-state index in [-0.39, 0.29) is 18.0 Å². The summed E-state index contributed by atoms with van der Waals surface area (Å²) in [5, 5.41) is 1.91. The van der Waals surface area contributed by atoms with E-state index in [9.17, 15) is 4.79 Å². The molecule has 1 aliphatic rings. The van der Waals surface area contributed by atoms with Crippen LogP contribution in [0.15, 0.2) is 47.8 Å². The van der Waals surface area contributed by atoms with Gasteiger partial charge in [0.15, 0.2) is 6.10 Å². The van der Waals surface area contributed by atoms with Gasteiger partial charge >= 0.3 is 0 Å². The highest BCUT2D eigenvalue weighted by molar-refractivity contribution is 7.12. The molecule has 0 radical (unpaired) electrons. The summed E-state index contributed by atoms with van der Waals surface area (Å²) in [6.07, 6.45) is -0.322. The van der Waals surface area contributed by atoms with Crippen molar-refractivity contribution in [1.29, 1.82) is 0 Å². The number of ether oxygens (including phenoxy) is 1. The smallest absolute Gasteiger partial charge is 0.204 e. The number of rotatable bonds is 3. The van der Waals surface area contributed by atoms with E-state index in [1.165, 1.54) is 11.3 Å². The molecule has 2 nitrogen and oxygen atoms in total. The number of thiophene rings is 1. The number of epoxide rings is 1. The third-order valence-electron chi connectivity index (χ3n) is 2.64. The first kappa shape index (κ1) is 9.75. The molecule has 80 valence electrons. The van der Waals surface area contributed by atoms with Gasteiger partial charge in [0.1, 0.15) is 6.10 Å². The predicted molar refractivity (Wildman–Crippen MR) is 62.7 cm³/mol. The van der Waals surface area contributed by atoms with Gasteiger partial charge in [0, 0.05) is 0 Å². The number of hydrogen-bond donors (Lipinski definition) is 0. The Morgan fingerprint density at radius 3 is 2.62 bits per heavy atom. The van der Waals surface area contributed by atoms with Gasteiger partial charge in [-0.2, -0.15) is 0 Å². The highest BCUT2D eigenvalue weighted by atomic mass is 32.1. The maximum absolute atomic E-state index is 11.9. The molecule has 0 N–H and O–H groups in total. The van der Waals surface area contributed by atoms with E-state index in [2.05, 4.69) is 0 Å². The van der Waals surface area contributed by atoms with Crippen molar-refractivity contribution in [1.82, 2.24) is 0 Å². The van der Waals surface area contributed by atoms with E-state index in [0.717, 1.165) is 10.4 Å². The fourth-order valence-corrected chi connectivity index (χ4v) is 2.46. The fraction of sp³-hybridized carbons (Fsp3) is 0.154. The zero-order valence-electron chi connectivity index (χ0n) is 8.50. The summed E-state index contributed by atoms with van der Waals surface area (Å²) in [5.41, 5.74) is 1.08. The van der Waals surface area contributed by atoms with Gasteiger partial charge in [-0.25, -0.2) is 0 Å². The molecule has 1 aromatic carbocycles. The zero-order chi connectivity index (χ0) is 11.0. The summed E-state index contributed by atoms with van der Waals surface area (Å²) in [6.45, 7) is 0. The molecule has 0 aliphatic carbocycles. The van der Waals surface area contributed by atoms with Crippen molar-refractivity contribution >= 4 is 17.1 Å². The molecule has 2 aromatic rings. The van der Waals surface area contributed by atoms with Gasteiger partial charge in [-0.15, -0.1) is 11.3 Å². The summed E-state index contributed by atoms with van der Waals surface area (Å²) in [6, 6.07) is 13.6. The maximum Gasteiger partial charge on any atom is 0.204 e. The monoisotopic (exact) mass is 230 g/mol. The zero-order valence-corrected chi connectivity index (χ0v) is 9.31. The molecule has 3 heteroatoms. The van der Waals surface area contributed by atoms with Crippen LogP contribution < -0.4 is 0 Å². The summed E-state index contributed by atoms with van der Waals surface area (Å²) >= 11 is 1.47. The van der Waals surface area contributed by atoms with Gasteiger partial charge in [-0.3, -0.25) is 4.79 Å². The first-order chi connectivity index (χ1) is 7.86. The average Bonchev–Trinajstić information content (AvgIpc) is 2.95. The SMILES string of the molecule is O=C(c1cccs1)[C@H]1O[C@@H]1c1ccccc1. The molecule has 1 saturated heterocycles. The molecule has 3 rings (SSSR count). The highest BCUT2D eigenvalue weighted by Crippen LogP contribution is 2.40. The minimum Gasteiger partial charge on any atom is -0.356 e. The Labute approximate surface area is 97.5 Å². The number of benzene rings is 1. The van der Waals surface area contributed by atoms with Crippen LogP contribution >= 0.6 is 11.3 Å². The lowest BCUT2D eigenvalue weighted by Crippen LogP contribution is -2.05. The summed E-state index contributed by atoms with van der Waals surface area (Å²) in [4.78, 5) is 12.7. The summed E-state index contributed by atoms with van der Waals surface area (Å²) < 4.78 is 5.45. The van der Waals surface area contributed by atoms with Crippen molar-refractivity contribution in [3.63, 3.8) is 0 Å². The second kappa shape index (κ2) is 3.85. The Morgan fingerprint density at radius 1 is 1.12 bits per heavy atom. The normalized spacial score (nSPS) is 23.0. The Hall–Kier alpha value is -1.45. The molecule has 0 bridgehead atoms. The van der Waals surface area contributed by atoms with Crippen LogP contribution in [0.2, 0.25) is 0 Å². The average molecular weight is 230 g/mol. The molecule has 1 aliphatic heterocycles. The van der Waals surface area contributed by atoms with E-state index in [0.29, 0.717) is 0 Å². The van der Waals surface area contributed by atoms with Gasteiger partial charge in [-0.05, 0) is 17.0 Å².